The molecular weight excluding hydrogens is 160 g/mol. The van der Waals surface area contributed by atoms with Crippen molar-refractivity contribution in [3.05, 3.63) is 0 Å². The lowest BCUT2D eigenvalue weighted by Gasteiger charge is -2.27. The molecular formula is C8H18O4. The summed E-state index contributed by atoms with van der Waals surface area (Å²) >= 11 is 0. The maximum atomic E-state index is 8.54. The van der Waals surface area contributed by atoms with Crippen LogP contribution in [0.1, 0.15) is 40.0 Å². The molecule has 0 aromatic carbocycles. The minimum Gasteiger partial charge on any atom is -0.249 e. The Hall–Kier alpha value is -0.160. The zero-order valence-corrected chi connectivity index (χ0v) is 7.91. The molecule has 0 aromatic heterocycles. The van der Waals surface area contributed by atoms with E-state index in [1.165, 1.54) is 0 Å². The van der Waals surface area contributed by atoms with Gasteiger partial charge in [-0.15, -0.1) is 0 Å². The van der Waals surface area contributed by atoms with Crippen molar-refractivity contribution >= 4 is 0 Å². The summed E-state index contributed by atoms with van der Waals surface area (Å²) in [5, 5.41) is 17.1. The summed E-state index contributed by atoms with van der Waals surface area (Å²) in [6, 6.07) is 0. The Morgan fingerprint density at radius 1 is 1.25 bits per heavy atom. The Labute approximate surface area is 73.0 Å². The monoisotopic (exact) mass is 178 g/mol. The van der Waals surface area contributed by atoms with Crippen molar-refractivity contribution in [3.8, 4) is 0 Å². The molecule has 0 aliphatic heterocycles. The molecule has 4 nitrogen and oxygen atoms in total. The van der Waals surface area contributed by atoms with Crippen molar-refractivity contribution in [1.82, 2.24) is 0 Å². The van der Waals surface area contributed by atoms with E-state index in [2.05, 4.69) is 9.78 Å². The quantitative estimate of drug-likeness (QED) is 0.372. The molecule has 0 radical (unpaired) electrons. The standard InChI is InChI=1S/C8H18O4/c1-4-7(3)6-8(5-2,11-9)12-10/h7,9-10H,4-6H2,1-3H3. The van der Waals surface area contributed by atoms with E-state index in [4.69, 9.17) is 10.5 Å². The van der Waals surface area contributed by atoms with Crippen LogP contribution in [0.25, 0.3) is 0 Å². The van der Waals surface area contributed by atoms with Gasteiger partial charge >= 0.3 is 0 Å². The SMILES string of the molecule is CCC(C)CC(CC)(OO)OO. The maximum Gasteiger partial charge on any atom is 0.233 e. The van der Waals surface area contributed by atoms with E-state index < -0.39 is 5.79 Å². The van der Waals surface area contributed by atoms with Crippen LogP contribution >= 0.6 is 0 Å². The Balaban J connectivity index is 4.09. The molecule has 0 aliphatic rings. The summed E-state index contributed by atoms with van der Waals surface area (Å²) < 4.78 is 0. The Kier molecular flexibility index (Phi) is 5.41. The van der Waals surface area contributed by atoms with Gasteiger partial charge in [0.1, 0.15) is 0 Å². The van der Waals surface area contributed by atoms with Crippen molar-refractivity contribution in [2.75, 3.05) is 0 Å². The minimum absolute atomic E-state index is 0.337. The Morgan fingerprint density at radius 3 is 2.00 bits per heavy atom. The lowest BCUT2D eigenvalue weighted by molar-refractivity contribution is -0.490. The third-order valence-electron chi connectivity index (χ3n) is 2.23. The first-order valence-electron chi connectivity index (χ1n) is 4.29. The van der Waals surface area contributed by atoms with Crippen molar-refractivity contribution in [3.63, 3.8) is 0 Å². The summed E-state index contributed by atoms with van der Waals surface area (Å²) in [7, 11) is 0. The van der Waals surface area contributed by atoms with Crippen LogP contribution in [0.2, 0.25) is 0 Å². The highest BCUT2D eigenvalue weighted by Gasteiger charge is 2.33. The second-order valence-corrected chi connectivity index (χ2v) is 3.16. The predicted molar refractivity (Wildman–Crippen MR) is 44.5 cm³/mol. The summed E-state index contributed by atoms with van der Waals surface area (Å²) in [6.07, 6.45) is 1.84. The molecule has 0 fully saturated rings. The van der Waals surface area contributed by atoms with Crippen molar-refractivity contribution in [2.24, 2.45) is 5.92 Å². The molecule has 0 bridgehead atoms. The molecule has 0 heterocycles. The highest BCUT2D eigenvalue weighted by Crippen LogP contribution is 2.26. The van der Waals surface area contributed by atoms with Gasteiger partial charge < -0.3 is 0 Å². The average Bonchev–Trinajstić information content (AvgIpc) is 2.14. The van der Waals surface area contributed by atoms with Gasteiger partial charge in [-0.05, 0) is 5.92 Å². The normalized spacial score (nSPS) is 14.8. The van der Waals surface area contributed by atoms with E-state index >= 15 is 0 Å². The molecule has 0 amide bonds. The predicted octanol–water partition coefficient (Wildman–Crippen LogP) is 2.51. The summed E-state index contributed by atoms with van der Waals surface area (Å²) in [5.74, 6) is -0.903. The molecule has 4 heteroatoms. The smallest absolute Gasteiger partial charge is 0.233 e. The molecule has 0 rings (SSSR count). The molecule has 1 unspecified atom stereocenters. The topological polar surface area (TPSA) is 58.9 Å². The number of rotatable bonds is 6. The van der Waals surface area contributed by atoms with Crippen molar-refractivity contribution < 1.29 is 20.3 Å². The molecule has 2 N–H and O–H groups in total. The molecule has 74 valence electrons. The Bertz CT molecular complexity index is 103. The molecule has 1 atom stereocenters. The summed E-state index contributed by atoms with van der Waals surface area (Å²) in [4.78, 5) is 8.27. The molecule has 0 aliphatic carbocycles. The highest BCUT2D eigenvalue weighted by atomic mass is 17.2. The molecule has 12 heavy (non-hydrogen) atoms. The van der Waals surface area contributed by atoms with Gasteiger partial charge in [0, 0.05) is 12.8 Å². The highest BCUT2D eigenvalue weighted by molar-refractivity contribution is 4.68. The van der Waals surface area contributed by atoms with Gasteiger partial charge in [0.05, 0.1) is 0 Å². The van der Waals surface area contributed by atoms with E-state index in [1.807, 2.05) is 13.8 Å². The van der Waals surface area contributed by atoms with Gasteiger partial charge in [-0.3, -0.25) is 0 Å². The maximum absolute atomic E-state index is 8.54. The van der Waals surface area contributed by atoms with Crippen molar-refractivity contribution in [2.45, 2.75) is 45.8 Å². The van der Waals surface area contributed by atoms with Gasteiger partial charge in [0.25, 0.3) is 0 Å². The van der Waals surface area contributed by atoms with E-state index in [0.717, 1.165) is 6.42 Å². The van der Waals surface area contributed by atoms with Crippen molar-refractivity contribution in [1.29, 1.82) is 0 Å². The van der Waals surface area contributed by atoms with E-state index in [0.29, 0.717) is 18.8 Å². The van der Waals surface area contributed by atoms with E-state index in [1.54, 1.807) is 6.92 Å². The first-order chi connectivity index (χ1) is 5.64. The summed E-state index contributed by atoms with van der Waals surface area (Å²) in [5.41, 5.74) is 0. The van der Waals surface area contributed by atoms with Gasteiger partial charge in [0.2, 0.25) is 5.79 Å². The van der Waals surface area contributed by atoms with E-state index in [9.17, 15) is 0 Å². The first kappa shape index (κ1) is 11.8. The largest absolute Gasteiger partial charge is 0.249 e. The van der Waals surface area contributed by atoms with Crippen LogP contribution in [-0.4, -0.2) is 16.3 Å². The Morgan fingerprint density at radius 2 is 1.75 bits per heavy atom. The lowest BCUT2D eigenvalue weighted by Crippen LogP contribution is -2.35. The van der Waals surface area contributed by atoms with Gasteiger partial charge in [-0.1, -0.05) is 27.2 Å². The lowest BCUT2D eigenvalue weighted by atomic mass is 9.97. The van der Waals surface area contributed by atoms with Gasteiger partial charge in [-0.2, -0.15) is 0 Å². The fourth-order valence-corrected chi connectivity index (χ4v) is 1.04. The zero-order chi connectivity index (χ0) is 9.61. The fraction of sp³-hybridized carbons (Fsp3) is 1.00. The van der Waals surface area contributed by atoms with Crippen LogP contribution in [0, 0.1) is 5.92 Å². The fourth-order valence-electron chi connectivity index (χ4n) is 1.04. The molecule has 0 spiro atoms. The number of hydrogen-bond acceptors (Lipinski definition) is 4. The number of hydrogen-bond donors (Lipinski definition) is 2. The van der Waals surface area contributed by atoms with Gasteiger partial charge in [0.15, 0.2) is 0 Å². The second kappa shape index (κ2) is 5.48. The van der Waals surface area contributed by atoms with Crippen LogP contribution in [0.15, 0.2) is 0 Å². The molecule has 0 saturated carbocycles. The second-order valence-electron chi connectivity index (χ2n) is 3.16. The van der Waals surface area contributed by atoms with Crippen LogP contribution in [0.5, 0.6) is 0 Å². The van der Waals surface area contributed by atoms with Crippen LogP contribution in [0.4, 0.5) is 0 Å². The van der Waals surface area contributed by atoms with E-state index in [-0.39, 0.29) is 0 Å². The molecule has 0 aromatic rings. The third-order valence-corrected chi connectivity index (χ3v) is 2.23. The first-order valence-corrected chi connectivity index (χ1v) is 4.29. The van der Waals surface area contributed by atoms with Crippen LogP contribution < -0.4 is 0 Å². The van der Waals surface area contributed by atoms with Crippen LogP contribution in [0.3, 0.4) is 0 Å². The zero-order valence-electron chi connectivity index (χ0n) is 7.91. The average molecular weight is 178 g/mol. The third kappa shape index (κ3) is 3.06. The molecule has 0 saturated heterocycles. The van der Waals surface area contributed by atoms with Gasteiger partial charge in [-0.25, -0.2) is 20.3 Å². The van der Waals surface area contributed by atoms with Crippen LogP contribution in [-0.2, 0) is 9.78 Å². The minimum atomic E-state index is -1.24. The summed E-state index contributed by atoms with van der Waals surface area (Å²) in [6.45, 7) is 5.80.